The molecule has 1 heterocycles. The molecule has 0 fully saturated rings. The van der Waals surface area contributed by atoms with Crippen LogP contribution in [-0.2, 0) is 14.8 Å². The Balaban J connectivity index is 1.88. The first-order valence-electron chi connectivity index (χ1n) is 7.15. The van der Waals surface area contributed by atoms with Crippen LogP contribution < -0.4 is 14.4 Å². The summed E-state index contributed by atoms with van der Waals surface area (Å²) in [6, 6.07) is 12.3. The molecule has 3 rings (SSSR count). The number of rotatable bonds is 3. The van der Waals surface area contributed by atoms with Crippen LogP contribution in [0.25, 0.3) is 0 Å². The number of carbonyl (C=O) groups is 1. The highest BCUT2D eigenvalue weighted by Crippen LogP contribution is 2.34. The third kappa shape index (κ3) is 3.18. The Bertz CT molecular complexity index is 885. The van der Waals surface area contributed by atoms with Gasteiger partial charge in [0, 0.05) is 0 Å². The lowest BCUT2D eigenvalue weighted by Gasteiger charge is -2.33. The van der Waals surface area contributed by atoms with Gasteiger partial charge in [-0.25, -0.2) is 12.8 Å². The molecular formula is C16H15FN2O4S. The number of anilines is 2. The number of amides is 1. The number of fused-ring (bicyclic) bond motifs is 1. The van der Waals surface area contributed by atoms with Crippen molar-refractivity contribution >= 4 is 27.3 Å². The first kappa shape index (κ1) is 16.3. The van der Waals surface area contributed by atoms with E-state index in [4.69, 9.17) is 4.74 Å². The summed E-state index contributed by atoms with van der Waals surface area (Å²) in [5.41, 5.74) is 0.380. The molecule has 0 aliphatic carbocycles. The van der Waals surface area contributed by atoms with Crippen LogP contribution in [0.5, 0.6) is 5.75 Å². The van der Waals surface area contributed by atoms with Gasteiger partial charge in [0.25, 0.3) is 5.91 Å². The van der Waals surface area contributed by atoms with Gasteiger partial charge in [-0.3, -0.25) is 9.10 Å². The van der Waals surface area contributed by atoms with E-state index in [-0.39, 0.29) is 18.0 Å². The smallest absolute Gasteiger partial charge is 0.267 e. The zero-order chi connectivity index (χ0) is 17.3. The maximum Gasteiger partial charge on any atom is 0.267 e. The molecule has 1 aliphatic heterocycles. The van der Waals surface area contributed by atoms with E-state index in [0.29, 0.717) is 5.69 Å². The number of sulfonamides is 1. The number of hydrogen-bond donors (Lipinski definition) is 1. The lowest BCUT2D eigenvalue weighted by molar-refractivity contribution is -0.122. The second-order valence-corrected chi connectivity index (χ2v) is 7.24. The van der Waals surface area contributed by atoms with Gasteiger partial charge in [0.05, 0.1) is 24.2 Å². The van der Waals surface area contributed by atoms with Gasteiger partial charge < -0.3 is 10.1 Å². The number of carbonyl (C=O) groups excluding carboxylic acids is 1. The third-order valence-corrected chi connectivity index (χ3v) is 4.71. The molecule has 8 heteroatoms. The van der Waals surface area contributed by atoms with Gasteiger partial charge in [-0.05, 0) is 24.3 Å². The number of nitrogens with zero attached hydrogens (tertiary/aromatic N) is 1. The molecule has 1 unspecified atom stereocenters. The highest BCUT2D eigenvalue weighted by molar-refractivity contribution is 7.92. The summed E-state index contributed by atoms with van der Waals surface area (Å²) in [5, 5.41) is 2.42. The monoisotopic (exact) mass is 350 g/mol. The van der Waals surface area contributed by atoms with E-state index in [1.54, 1.807) is 30.3 Å². The first-order chi connectivity index (χ1) is 11.4. The maximum atomic E-state index is 13.7. The quantitative estimate of drug-likeness (QED) is 0.919. The molecule has 0 saturated heterocycles. The van der Waals surface area contributed by atoms with Crippen molar-refractivity contribution in [2.45, 2.75) is 6.10 Å². The fourth-order valence-corrected chi connectivity index (χ4v) is 3.34. The largest absolute Gasteiger partial charge is 0.476 e. The Labute approximate surface area is 138 Å². The van der Waals surface area contributed by atoms with Crippen molar-refractivity contribution < 1.29 is 22.3 Å². The summed E-state index contributed by atoms with van der Waals surface area (Å²) in [7, 11) is -3.59. The molecule has 1 aliphatic rings. The van der Waals surface area contributed by atoms with Gasteiger partial charge in [0.15, 0.2) is 6.10 Å². The van der Waals surface area contributed by atoms with Crippen LogP contribution in [0, 0.1) is 5.82 Å². The van der Waals surface area contributed by atoms with Crippen molar-refractivity contribution in [3.05, 3.63) is 54.3 Å². The first-order valence-corrected chi connectivity index (χ1v) is 9.00. The summed E-state index contributed by atoms with van der Waals surface area (Å²) < 4.78 is 44.4. The standard InChI is InChI=1S/C16H15FN2O4S/c1-24(21,22)19-10-15(23-14-9-5-4-8-13(14)19)16(20)18-12-7-3-2-6-11(12)17/h2-9,15H,10H2,1H3,(H,18,20). The molecule has 0 aromatic heterocycles. The minimum Gasteiger partial charge on any atom is -0.476 e. The van der Waals surface area contributed by atoms with Gasteiger partial charge in [0.2, 0.25) is 10.0 Å². The Morgan fingerprint density at radius 3 is 2.58 bits per heavy atom. The van der Waals surface area contributed by atoms with E-state index in [2.05, 4.69) is 5.32 Å². The van der Waals surface area contributed by atoms with Crippen LogP contribution in [0.3, 0.4) is 0 Å². The molecule has 1 N–H and O–H groups in total. The summed E-state index contributed by atoms with van der Waals surface area (Å²) in [4.78, 5) is 12.4. The molecule has 6 nitrogen and oxygen atoms in total. The number of hydrogen-bond acceptors (Lipinski definition) is 4. The average Bonchev–Trinajstić information content (AvgIpc) is 2.55. The van der Waals surface area contributed by atoms with Crippen LogP contribution in [0.4, 0.5) is 15.8 Å². The fourth-order valence-electron chi connectivity index (χ4n) is 2.43. The van der Waals surface area contributed by atoms with Crippen LogP contribution in [0.2, 0.25) is 0 Å². The van der Waals surface area contributed by atoms with Crippen molar-refractivity contribution in [1.29, 1.82) is 0 Å². The van der Waals surface area contributed by atoms with Crippen molar-refractivity contribution in [3.63, 3.8) is 0 Å². The van der Waals surface area contributed by atoms with Gasteiger partial charge in [-0.15, -0.1) is 0 Å². The fraction of sp³-hybridized carbons (Fsp3) is 0.188. The highest BCUT2D eigenvalue weighted by Gasteiger charge is 2.35. The van der Waals surface area contributed by atoms with Gasteiger partial charge in [-0.2, -0.15) is 0 Å². The summed E-state index contributed by atoms with van der Waals surface area (Å²) in [6.45, 7) is -0.184. The van der Waals surface area contributed by atoms with Crippen LogP contribution in [-0.4, -0.2) is 33.2 Å². The number of halogens is 1. The average molecular weight is 350 g/mol. The lowest BCUT2D eigenvalue weighted by Crippen LogP contribution is -2.48. The SMILES string of the molecule is CS(=O)(=O)N1CC(C(=O)Nc2ccccc2F)Oc2ccccc21. The van der Waals surface area contributed by atoms with Gasteiger partial charge >= 0.3 is 0 Å². The molecule has 0 radical (unpaired) electrons. The van der Waals surface area contributed by atoms with Crippen molar-refractivity contribution in [2.24, 2.45) is 0 Å². The minimum absolute atomic E-state index is 0.0101. The van der Waals surface area contributed by atoms with Crippen LogP contribution in [0.15, 0.2) is 48.5 Å². The molecule has 1 amide bonds. The molecular weight excluding hydrogens is 335 g/mol. The lowest BCUT2D eigenvalue weighted by atomic mass is 10.2. The highest BCUT2D eigenvalue weighted by atomic mass is 32.2. The predicted octanol–water partition coefficient (Wildman–Crippen LogP) is 1.99. The molecule has 0 saturated carbocycles. The van der Waals surface area contributed by atoms with Gasteiger partial charge in [0.1, 0.15) is 11.6 Å². The van der Waals surface area contributed by atoms with Gasteiger partial charge in [-0.1, -0.05) is 24.3 Å². The number of ether oxygens (including phenoxy) is 1. The van der Waals surface area contributed by atoms with Crippen molar-refractivity contribution in [3.8, 4) is 5.75 Å². The van der Waals surface area contributed by atoms with Crippen LogP contribution >= 0.6 is 0 Å². The molecule has 2 aromatic rings. The molecule has 126 valence electrons. The number of para-hydroxylation sites is 3. The number of nitrogens with one attached hydrogen (secondary N) is 1. The Morgan fingerprint density at radius 2 is 1.88 bits per heavy atom. The molecule has 24 heavy (non-hydrogen) atoms. The second kappa shape index (κ2) is 6.12. The summed E-state index contributed by atoms with van der Waals surface area (Å²) in [5.74, 6) is -0.923. The number of benzene rings is 2. The molecule has 1 atom stereocenters. The van der Waals surface area contributed by atoms with E-state index < -0.39 is 27.9 Å². The Morgan fingerprint density at radius 1 is 1.21 bits per heavy atom. The van der Waals surface area contributed by atoms with Crippen LogP contribution in [0.1, 0.15) is 0 Å². The Hall–Kier alpha value is -2.61. The van der Waals surface area contributed by atoms with E-state index >= 15 is 0 Å². The summed E-state index contributed by atoms with van der Waals surface area (Å²) >= 11 is 0. The van der Waals surface area contributed by atoms with Crippen molar-refractivity contribution in [2.75, 3.05) is 22.4 Å². The third-order valence-electron chi connectivity index (χ3n) is 3.56. The molecule has 0 bridgehead atoms. The second-order valence-electron chi connectivity index (χ2n) is 5.34. The maximum absolute atomic E-state index is 13.7. The van der Waals surface area contributed by atoms with E-state index in [9.17, 15) is 17.6 Å². The molecule has 2 aromatic carbocycles. The molecule has 0 spiro atoms. The Kier molecular flexibility index (Phi) is 4.15. The van der Waals surface area contributed by atoms with Crippen molar-refractivity contribution in [1.82, 2.24) is 0 Å². The van der Waals surface area contributed by atoms with E-state index in [1.165, 1.54) is 18.2 Å². The van der Waals surface area contributed by atoms with E-state index in [0.717, 1.165) is 10.6 Å². The van der Waals surface area contributed by atoms with E-state index in [1.807, 2.05) is 0 Å². The minimum atomic E-state index is -3.59. The summed E-state index contributed by atoms with van der Waals surface area (Å²) in [6.07, 6.45) is -0.0322. The normalized spacial score (nSPS) is 16.9. The predicted molar refractivity (Wildman–Crippen MR) is 88.1 cm³/mol. The topological polar surface area (TPSA) is 75.7 Å². The zero-order valence-electron chi connectivity index (χ0n) is 12.8. The zero-order valence-corrected chi connectivity index (χ0v) is 13.6.